The molecular weight excluding hydrogens is 807 g/mol. The Labute approximate surface area is 373 Å². The molecule has 4 bridgehead atoms. The van der Waals surface area contributed by atoms with Crippen molar-refractivity contribution in [1.82, 2.24) is 58.5 Å². The Morgan fingerprint density at radius 2 is 1.43 bits per heavy atom. The van der Waals surface area contributed by atoms with E-state index in [-0.39, 0.29) is 55.5 Å². The summed E-state index contributed by atoms with van der Waals surface area (Å²) in [5.41, 5.74) is 2.83. The van der Waals surface area contributed by atoms with E-state index in [2.05, 4.69) is 58.5 Å². The number of phenols is 1. The van der Waals surface area contributed by atoms with Crippen LogP contribution in [0.2, 0.25) is 0 Å². The quantitative estimate of drug-likeness (QED) is 0.0494. The number of hydrogen-bond donors (Lipinski definition) is 13. The van der Waals surface area contributed by atoms with Gasteiger partial charge in [0.25, 0.3) is 0 Å². The summed E-state index contributed by atoms with van der Waals surface area (Å²) >= 11 is 0. The van der Waals surface area contributed by atoms with Gasteiger partial charge in [0, 0.05) is 57.4 Å². The molecule has 0 saturated heterocycles. The molecule has 0 unspecified atom stereocenters. The average Bonchev–Trinajstić information content (AvgIpc) is 3.27. The summed E-state index contributed by atoms with van der Waals surface area (Å²) in [7, 11) is 10.7. The van der Waals surface area contributed by atoms with Crippen molar-refractivity contribution in [2.24, 2.45) is 0 Å². The Balaban J connectivity index is 1.80. The predicted molar refractivity (Wildman–Crippen MR) is 246 cm³/mol. The minimum atomic E-state index is -1.23. The third-order valence-corrected chi connectivity index (χ3v) is 11.4. The van der Waals surface area contributed by atoms with E-state index in [4.69, 9.17) is 0 Å². The van der Waals surface area contributed by atoms with Crippen molar-refractivity contribution in [2.45, 2.75) is 107 Å². The molecule has 18 heteroatoms. The molecule has 2 aromatic carbocycles. The van der Waals surface area contributed by atoms with Crippen molar-refractivity contribution in [3.8, 4) is 16.9 Å². The number of amides is 5. The molecule has 0 radical (unpaired) electrons. The Kier molecular flexibility index (Phi) is 24.1. The van der Waals surface area contributed by atoms with Crippen LogP contribution in [-0.2, 0) is 36.8 Å². The first-order chi connectivity index (χ1) is 30.3. The molecule has 0 spiro atoms. The van der Waals surface area contributed by atoms with Gasteiger partial charge in [-0.3, -0.25) is 24.0 Å². The van der Waals surface area contributed by atoms with Gasteiger partial charge in [0.1, 0.15) is 23.9 Å². The number of nitrogens with one attached hydrogen (secondary N) is 11. The van der Waals surface area contributed by atoms with Gasteiger partial charge in [-0.15, -0.1) is 0 Å². The van der Waals surface area contributed by atoms with Gasteiger partial charge in [-0.25, -0.2) is 0 Å². The molecule has 1 aliphatic heterocycles. The highest BCUT2D eigenvalue weighted by Gasteiger charge is 2.33. The highest BCUT2D eigenvalue weighted by molar-refractivity contribution is 5.95. The summed E-state index contributed by atoms with van der Waals surface area (Å²) < 4.78 is 0. The SMILES string of the molecule is CNCCC[C@@H](CNC(=O)C[C@H](CCCNC(=O)[C@H](CCCNC)NC(=O)[C@@H]1Cc2cccc(c2)-c2ccc(O)c(c2)C[C@H](NC)C(=O)N[C@@H](C[C@@H](O)CNC)C(=O)N1)NC)NC. The second kappa shape index (κ2) is 28.9. The van der Waals surface area contributed by atoms with Crippen molar-refractivity contribution in [1.29, 1.82) is 0 Å². The average molecular weight is 882 g/mol. The third kappa shape index (κ3) is 18.5. The number of carbonyl (C=O) groups excluding carboxylic acids is 5. The first-order valence-electron chi connectivity index (χ1n) is 22.4. The number of likely N-dealkylation sites (N-methyl/N-ethyl adjacent to an activating group) is 3. The van der Waals surface area contributed by atoms with Crippen LogP contribution in [0.5, 0.6) is 5.75 Å². The van der Waals surface area contributed by atoms with Crippen LogP contribution < -0.4 is 58.5 Å². The lowest BCUT2D eigenvalue weighted by Crippen LogP contribution is -2.59. The monoisotopic (exact) mass is 882 g/mol. The highest BCUT2D eigenvalue weighted by atomic mass is 16.3. The van der Waals surface area contributed by atoms with Gasteiger partial charge in [0.2, 0.25) is 29.5 Å². The van der Waals surface area contributed by atoms with Gasteiger partial charge in [0.15, 0.2) is 0 Å². The number of aliphatic hydroxyl groups excluding tert-OH is 1. The maximum absolute atomic E-state index is 14.3. The minimum Gasteiger partial charge on any atom is -0.508 e. The standard InChI is InChI=1S/C45H75N11O7/c1-46-18-8-14-34(50-5)27-53-41(59)25-33(49-4)13-9-20-52-42(60)36(15-10-19-47-2)54-44(62)38-22-29-11-7-12-30(21-29)31-16-17-40(58)32(23-31)24-37(51-6)43(61)56-39(45(63)55-38)26-35(57)28-48-3/h7,11-12,16-17,21,23,33-39,46-51,57-58H,8-10,13-15,18-20,22,24-28H2,1-6H3,(H,52,60)(H,53,59)(H,54,62)(H,55,63)(H,56,61)/t33-,34-,35+,36-,37-,38-,39-/m0/s1. The Bertz CT molecular complexity index is 1730. The molecule has 0 aromatic heterocycles. The molecule has 352 valence electrons. The molecule has 1 aliphatic rings. The summed E-state index contributed by atoms with van der Waals surface area (Å²) in [6.07, 6.45) is 3.34. The van der Waals surface area contributed by atoms with Crippen LogP contribution in [0.25, 0.3) is 11.1 Å². The smallest absolute Gasteiger partial charge is 0.243 e. The molecule has 5 amide bonds. The van der Waals surface area contributed by atoms with Crippen molar-refractivity contribution in [3.05, 3.63) is 53.6 Å². The third-order valence-electron chi connectivity index (χ3n) is 11.4. The molecule has 7 atom stereocenters. The maximum atomic E-state index is 14.3. The second-order valence-corrected chi connectivity index (χ2v) is 16.3. The largest absolute Gasteiger partial charge is 0.508 e. The normalized spacial score (nSPS) is 18.7. The molecule has 0 fully saturated rings. The second-order valence-electron chi connectivity index (χ2n) is 16.3. The minimum absolute atomic E-state index is 0.0167. The lowest BCUT2D eigenvalue weighted by molar-refractivity contribution is -0.134. The van der Waals surface area contributed by atoms with Gasteiger partial charge in [-0.1, -0.05) is 30.3 Å². The van der Waals surface area contributed by atoms with Gasteiger partial charge in [-0.2, -0.15) is 0 Å². The van der Waals surface area contributed by atoms with Gasteiger partial charge >= 0.3 is 0 Å². The summed E-state index contributed by atoms with van der Waals surface area (Å²) in [6.45, 7) is 2.52. The van der Waals surface area contributed by atoms with E-state index in [1.54, 1.807) is 33.3 Å². The number of aliphatic hydroxyl groups is 1. The van der Waals surface area contributed by atoms with Gasteiger partial charge in [0.05, 0.1) is 12.1 Å². The zero-order valence-electron chi connectivity index (χ0n) is 38.1. The van der Waals surface area contributed by atoms with E-state index in [0.29, 0.717) is 57.3 Å². The number of hydrogen-bond acceptors (Lipinski definition) is 13. The molecule has 2 aromatic rings. The van der Waals surface area contributed by atoms with E-state index < -0.39 is 48.0 Å². The van der Waals surface area contributed by atoms with Crippen LogP contribution >= 0.6 is 0 Å². The predicted octanol–water partition coefficient (Wildman–Crippen LogP) is -1.25. The molecule has 0 saturated carbocycles. The first kappa shape index (κ1) is 52.7. The van der Waals surface area contributed by atoms with E-state index in [9.17, 15) is 34.2 Å². The molecule has 13 N–H and O–H groups in total. The number of carbonyl (C=O) groups is 5. The molecule has 0 aliphatic carbocycles. The molecule has 3 rings (SSSR count). The van der Waals surface area contributed by atoms with Gasteiger partial charge in [-0.05, 0) is 128 Å². The fourth-order valence-electron chi connectivity index (χ4n) is 7.63. The molecule has 18 nitrogen and oxygen atoms in total. The Morgan fingerprint density at radius 1 is 0.746 bits per heavy atom. The lowest BCUT2D eigenvalue weighted by atomic mass is 9.95. The fraction of sp³-hybridized carbons (Fsp3) is 0.622. The Morgan fingerprint density at radius 3 is 2.11 bits per heavy atom. The number of phenolic OH excluding ortho intramolecular Hbond substituents is 1. The van der Waals surface area contributed by atoms with Crippen molar-refractivity contribution in [2.75, 3.05) is 75.0 Å². The molecule has 63 heavy (non-hydrogen) atoms. The van der Waals surface area contributed by atoms with Crippen molar-refractivity contribution in [3.63, 3.8) is 0 Å². The summed E-state index contributed by atoms with van der Waals surface area (Å²) in [6, 6.07) is 8.55. The summed E-state index contributed by atoms with van der Waals surface area (Å²) in [5.74, 6) is -2.21. The zero-order valence-corrected chi connectivity index (χ0v) is 38.1. The number of aromatic hydroxyl groups is 1. The maximum Gasteiger partial charge on any atom is 0.243 e. The van der Waals surface area contributed by atoms with Crippen LogP contribution in [-0.4, -0.2) is 157 Å². The van der Waals surface area contributed by atoms with Crippen LogP contribution in [0.4, 0.5) is 0 Å². The van der Waals surface area contributed by atoms with E-state index in [1.807, 2.05) is 51.5 Å². The number of rotatable bonds is 26. The van der Waals surface area contributed by atoms with Gasteiger partial charge < -0.3 is 68.7 Å². The Hall–Kier alpha value is -4.69. The topological polar surface area (TPSA) is 258 Å². The summed E-state index contributed by atoms with van der Waals surface area (Å²) in [5, 5.41) is 54.6. The summed E-state index contributed by atoms with van der Waals surface area (Å²) in [4.78, 5) is 68.7. The van der Waals surface area contributed by atoms with E-state index in [1.165, 1.54) is 0 Å². The molecular formula is C45H75N11O7. The van der Waals surface area contributed by atoms with Crippen LogP contribution in [0, 0.1) is 0 Å². The van der Waals surface area contributed by atoms with Crippen molar-refractivity contribution >= 4 is 29.5 Å². The van der Waals surface area contributed by atoms with Crippen LogP contribution in [0.3, 0.4) is 0 Å². The van der Waals surface area contributed by atoms with Crippen LogP contribution in [0.15, 0.2) is 42.5 Å². The fourth-order valence-corrected chi connectivity index (χ4v) is 7.63. The lowest BCUT2D eigenvalue weighted by Gasteiger charge is -2.27. The van der Waals surface area contributed by atoms with E-state index >= 15 is 0 Å². The van der Waals surface area contributed by atoms with Crippen LogP contribution in [0.1, 0.15) is 62.5 Å². The number of fused-ring (bicyclic) bond motifs is 5. The van der Waals surface area contributed by atoms with E-state index in [0.717, 1.165) is 36.1 Å². The van der Waals surface area contributed by atoms with Crippen molar-refractivity contribution < 1.29 is 34.2 Å². The first-order valence-corrected chi connectivity index (χ1v) is 22.4. The zero-order chi connectivity index (χ0) is 46.1. The highest BCUT2D eigenvalue weighted by Crippen LogP contribution is 2.28. The molecule has 1 heterocycles. The number of benzene rings is 2.